The van der Waals surface area contributed by atoms with Gasteiger partial charge in [-0.3, -0.25) is 4.79 Å². The second-order valence-electron chi connectivity index (χ2n) is 14.5. The number of fused-ring (bicyclic) bond motifs is 1. The fraction of sp³-hybridized carbons (Fsp3) is 0.326. The first-order valence-electron chi connectivity index (χ1n) is 18.7. The average Bonchev–Trinajstić information content (AvgIpc) is 3.68. The van der Waals surface area contributed by atoms with Gasteiger partial charge in [0, 0.05) is 53.2 Å². The van der Waals surface area contributed by atoms with E-state index in [-0.39, 0.29) is 24.7 Å². The van der Waals surface area contributed by atoms with Gasteiger partial charge in [0.1, 0.15) is 35.4 Å². The van der Waals surface area contributed by atoms with Crippen LogP contribution in [0.15, 0.2) is 85.1 Å². The van der Waals surface area contributed by atoms with E-state index in [0.717, 1.165) is 22.0 Å². The molecule has 1 aliphatic heterocycles. The monoisotopic (exact) mass is 811 g/mol. The molecule has 2 heterocycles. The van der Waals surface area contributed by atoms with E-state index >= 15 is 0 Å². The van der Waals surface area contributed by atoms with Gasteiger partial charge >= 0.3 is 12.0 Å². The Morgan fingerprint density at radius 2 is 1.64 bits per heavy atom. The van der Waals surface area contributed by atoms with E-state index in [9.17, 15) is 9.59 Å². The molecule has 5 aromatic rings. The Labute approximate surface area is 342 Å². The number of hydrogen-bond acceptors (Lipinski definition) is 12. The zero-order valence-electron chi connectivity index (χ0n) is 33.3. The van der Waals surface area contributed by atoms with Gasteiger partial charge in [-0.15, -0.1) is 0 Å². The Morgan fingerprint density at radius 1 is 0.879 bits per heavy atom. The predicted molar refractivity (Wildman–Crippen MR) is 228 cm³/mol. The molecule has 14 nitrogen and oxygen atoms in total. The summed E-state index contributed by atoms with van der Waals surface area (Å²) in [6.07, 6.45) is 3.77. The summed E-state index contributed by atoms with van der Waals surface area (Å²) < 4.78 is 38.0. The van der Waals surface area contributed by atoms with E-state index in [1.807, 2.05) is 60.9 Å². The van der Waals surface area contributed by atoms with E-state index in [0.29, 0.717) is 71.3 Å². The number of carbonyl (C=O) groups excluding carboxylic acids is 1. The number of nitrogens with one attached hydrogen (secondary N) is 4. The normalized spacial score (nSPS) is 15.1. The van der Waals surface area contributed by atoms with E-state index < -0.39 is 17.9 Å². The number of urea groups is 1. The molecule has 1 aromatic heterocycles. The molecule has 58 heavy (non-hydrogen) atoms. The van der Waals surface area contributed by atoms with Crippen LogP contribution in [0.2, 0.25) is 0 Å². The van der Waals surface area contributed by atoms with Gasteiger partial charge in [-0.1, -0.05) is 57.0 Å². The Bertz CT molecular complexity index is 2230. The smallest absolute Gasteiger partial charge is 0.323 e. The molecule has 0 aliphatic carbocycles. The number of aliphatic carboxylic acids is 1. The minimum absolute atomic E-state index is 0.166. The molecule has 0 spiro atoms. The van der Waals surface area contributed by atoms with Gasteiger partial charge in [0.25, 0.3) is 0 Å². The number of anilines is 5. The number of ether oxygens (including phenoxy) is 6. The molecule has 2 atom stereocenters. The third kappa shape index (κ3) is 10.7. The molecule has 6 rings (SSSR count). The standard InChI is InChI=1S/C43H49N5O9S/c1-43(2,3)27-18-36(40(53-5)37(19-27)48-58-6)47-42(51)46-35-11-12-38(34-10-8-7-9-33(34)35)57-29-13-14-44-39(23-29)45-28-20-30(52-4)22-31(21-28)55-16-15-54-25-32-17-26(24-56-32)41(49)50/h7-14,18-23,26,32,48H,15-17,24-25H2,1-6H3,(H,44,45)(H,49,50)(H2,46,47,51). The molecular weight excluding hydrogens is 763 g/mol. The van der Waals surface area contributed by atoms with Crippen LogP contribution < -0.4 is 39.6 Å². The summed E-state index contributed by atoms with van der Waals surface area (Å²) in [4.78, 5) is 29.2. The third-order valence-corrected chi connectivity index (χ3v) is 9.75. The maximum Gasteiger partial charge on any atom is 0.323 e. The number of nitrogens with zero attached hydrogens (tertiary/aromatic N) is 1. The summed E-state index contributed by atoms with van der Waals surface area (Å²) >= 11 is 1.44. The SMILES string of the molecule is COc1cc(Nc2cc(Oc3ccc(NC(=O)Nc4cc(C(C)(C)C)cc(NSC)c4OC)c4ccccc34)ccn2)cc(OCCOCC2CC(C(=O)O)CO2)c1. The van der Waals surface area contributed by atoms with Crippen molar-refractivity contribution in [3.05, 3.63) is 90.6 Å². The fourth-order valence-electron chi connectivity index (χ4n) is 6.40. The van der Waals surface area contributed by atoms with Crippen molar-refractivity contribution in [3.8, 4) is 28.7 Å². The van der Waals surface area contributed by atoms with Crippen LogP contribution in [0.4, 0.5) is 33.4 Å². The first kappa shape index (κ1) is 41.7. The van der Waals surface area contributed by atoms with Crippen molar-refractivity contribution in [2.45, 2.75) is 38.7 Å². The van der Waals surface area contributed by atoms with Crippen LogP contribution >= 0.6 is 11.9 Å². The second kappa shape index (κ2) is 19.0. The fourth-order valence-corrected chi connectivity index (χ4v) is 6.77. The van der Waals surface area contributed by atoms with Crippen LogP contribution in [0.1, 0.15) is 32.8 Å². The molecule has 2 amide bonds. The van der Waals surface area contributed by atoms with Crippen LogP contribution in [0, 0.1) is 5.92 Å². The molecule has 0 saturated carbocycles. The average molecular weight is 812 g/mol. The molecule has 306 valence electrons. The van der Waals surface area contributed by atoms with Crippen molar-refractivity contribution in [3.63, 3.8) is 0 Å². The first-order chi connectivity index (χ1) is 27.9. The Kier molecular flexibility index (Phi) is 13.7. The largest absolute Gasteiger partial charge is 0.497 e. The predicted octanol–water partition coefficient (Wildman–Crippen LogP) is 9.30. The number of rotatable bonds is 17. The molecule has 0 radical (unpaired) electrons. The van der Waals surface area contributed by atoms with Gasteiger partial charge in [0.15, 0.2) is 5.75 Å². The van der Waals surface area contributed by atoms with E-state index in [1.165, 1.54) is 11.9 Å². The van der Waals surface area contributed by atoms with E-state index in [1.54, 1.807) is 44.7 Å². The Balaban J connectivity index is 1.11. The summed E-state index contributed by atoms with van der Waals surface area (Å²) in [6.45, 7) is 7.43. The lowest BCUT2D eigenvalue weighted by atomic mass is 9.86. The summed E-state index contributed by atoms with van der Waals surface area (Å²) in [5.41, 5.74) is 3.46. The summed E-state index contributed by atoms with van der Waals surface area (Å²) in [6, 6.07) is 23.8. The highest BCUT2D eigenvalue weighted by molar-refractivity contribution is 7.99. The molecule has 15 heteroatoms. The minimum atomic E-state index is -0.849. The Morgan fingerprint density at radius 3 is 2.36 bits per heavy atom. The molecular formula is C43H49N5O9S. The topological polar surface area (TPSA) is 171 Å². The number of hydrogen-bond donors (Lipinski definition) is 5. The summed E-state index contributed by atoms with van der Waals surface area (Å²) in [5, 5.41) is 20.1. The third-order valence-electron chi connectivity index (χ3n) is 9.33. The molecule has 4 aromatic carbocycles. The number of methoxy groups -OCH3 is 2. The van der Waals surface area contributed by atoms with Gasteiger partial charge in [0.05, 0.1) is 63.1 Å². The minimum Gasteiger partial charge on any atom is -0.497 e. The number of carboxylic acid groups (broad SMARTS) is 1. The molecule has 5 N–H and O–H groups in total. The van der Waals surface area contributed by atoms with E-state index in [2.05, 4.69) is 46.4 Å². The molecule has 1 saturated heterocycles. The highest BCUT2D eigenvalue weighted by Gasteiger charge is 2.30. The van der Waals surface area contributed by atoms with Crippen LogP contribution in [-0.4, -0.2) is 75.1 Å². The molecule has 0 bridgehead atoms. The number of aromatic nitrogens is 1. The summed E-state index contributed by atoms with van der Waals surface area (Å²) in [7, 11) is 3.15. The summed E-state index contributed by atoms with van der Waals surface area (Å²) in [5.74, 6) is 1.99. The van der Waals surface area contributed by atoms with Gasteiger partial charge in [-0.05, 0) is 47.7 Å². The van der Waals surface area contributed by atoms with Crippen LogP contribution in [0.3, 0.4) is 0 Å². The van der Waals surface area contributed by atoms with Crippen LogP contribution in [0.25, 0.3) is 10.8 Å². The molecule has 2 unspecified atom stereocenters. The number of amides is 2. The lowest BCUT2D eigenvalue weighted by Crippen LogP contribution is -2.21. The lowest BCUT2D eigenvalue weighted by molar-refractivity contribution is -0.141. The van der Waals surface area contributed by atoms with Crippen molar-refractivity contribution in [1.29, 1.82) is 0 Å². The quantitative estimate of drug-likeness (QED) is 0.0445. The van der Waals surface area contributed by atoms with Crippen molar-refractivity contribution in [2.24, 2.45) is 5.92 Å². The highest BCUT2D eigenvalue weighted by Crippen LogP contribution is 2.40. The van der Waals surface area contributed by atoms with Crippen LogP contribution in [0.5, 0.6) is 28.7 Å². The number of benzene rings is 4. The van der Waals surface area contributed by atoms with E-state index in [4.69, 9.17) is 33.5 Å². The molecule has 1 aliphatic rings. The maximum atomic E-state index is 13.5. The first-order valence-corrected chi connectivity index (χ1v) is 19.9. The number of pyridine rings is 1. The second-order valence-corrected chi connectivity index (χ2v) is 15.2. The number of carbonyl (C=O) groups is 2. The van der Waals surface area contributed by atoms with Crippen molar-refractivity contribution in [1.82, 2.24) is 4.98 Å². The van der Waals surface area contributed by atoms with Gasteiger partial charge in [0.2, 0.25) is 0 Å². The van der Waals surface area contributed by atoms with Crippen LogP contribution in [-0.2, 0) is 19.7 Å². The maximum absolute atomic E-state index is 13.5. The van der Waals surface area contributed by atoms with Crippen molar-refractivity contribution >= 4 is 63.3 Å². The zero-order chi connectivity index (χ0) is 41.2. The van der Waals surface area contributed by atoms with Gasteiger partial charge < -0.3 is 54.2 Å². The highest BCUT2D eigenvalue weighted by atomic mass is 32.2. The van der Waals surface area contributed by atoms with Gasteiger partial charge in [-0.25, -0.2) is 9.78 Å². The Hall–Kier alpha value is -5.90. The van der Waals surface area contributed by atoms with Crippen molar-refractivity contribution in [2.75, 3.05) is 67.6 Å². The van der Waals surface area contributed by atoms with Gasteiger partial charge in [-0.2, -0.15) is 0 Å². The molecule has 1 fully saturated rings. The number of carboxylic acids is 1. The van der Waals surface area contributed by atoms with Crippen molar-refractivity contribution < 1.29 is 43.1 Å². The zero-order valence-corrected chi connectivity index (χ0v) is 34.2. The lowest BCUT2D eigenvalue weighted by Gasteiger charge is -2.24.